The molecule has 1 unspecified atom stereocenters. The number of hydrogen-bond acceptors (Lipinski definition) is 4. The molecule has 1 heterocycles. The van der Waals surface area contributed by atoms with Crippen LogP contribution in [0.4, 0.5) is 0 Å². The standard InChI is InChI=1S/C15H14N2O4/c18-12-8-17(16-13(14(12)19)15(20)21)11-6-5-9-3-1-2-4-10(9)7-11/h1-4,8,11,18H,5-7H2,(H,20,21). The summed E-state index contributed by atoms with van der Waals surface area (Å²) < 4.78 is 1.40. The number of fused-ring (bicyclic) bond motifs is 1. The molecule has 0 saturated carbocycles. The average molecular weight is 286 g/mol. The first kappa shape index (κ1) is 13.4. The average Bonchev–Trinajstić information content (AvgIpc) is 2.49. The molecule has 1 aromatic heterocycles. The first-order chi connectivity index (χ1) is 10.1. The first-order valence-electron chi connectivity index (χ1n) is 6.69. The van der Waals surface area contributed by atoms with E-state index >= 15 is 0 Å². The molecule has 1 atom stereocenters. The number of hydrogen-bond donors (Lipinski definition) is 2. The number of carboxylic acids is 1. The quantitative estimate of drug-likeness (QED) is 0.870. The molecule has 21 heavy (non-hydrogen) atoms. The summed E-state index contributed by atoms with van der Waals surface area (Å²) in [6.07, 6.45) is 3.56. The molecule has 1 aromatic carbocycles. The van der Waals surface area contributed by atoms with Crippen LogP contribution in [0, 0.1) is 0 Å². The van der Waals surface area contributed by atoms with Crippen molar-refractivity contribution in [3.63, 3.8) is 0 Å². The normalized spacial score (nSPS) is 17.2. The number of carboxylic acid groups (broad SMARTS) is 1. The zero-order valence-corrected chi connectivity index (χ0v) is 11.2. The first-order valence-corrected chi connectivity index (χ1v) is 6.69. The number of aromatic nitrogens is 2. The summed E-state index contributed by atoms with van der Waals surface area (Å²) in [5.74, 6) is -2.01. The van der Waals surface area contributed by atoms with Gasteiger partial charge in [0, 0.05) is 0 Å². The maximum atomic E-state index is 11.5. The highest BCUT2D eigenvalue weighted by Crippen LogP contribution is 2.28. The SMILES string of the molecule is O=C(O)c1nn(C2CCc3ccccc3C2)cc(O)c1=O. The highest BCUT2D eigenvalue weighted by atomic mass is 16.4. The molecule has 0 amide bonds. The van der Waals surface area contributed by atoms with Gasteiger partial charge < -0.3 is 10.2 Å². The number of nitrogens with zero attached hydrogens (tertiary/aromatic N) is 2. The Balaban J connectivity index is 1.99. The van der Waals surface area contributed by atoms with Crippen LogP contribution in [0.25, 0.3) is 0 Å². The minimum absolute atomic E-state index is 0.0653. The predicted octanol–water partition coefficient (Wildman–Crippen LogP) is 1.38. The van der Waals surface area contributed by atoms with Crippen molar-refractivity contribution < 1.29 is 15.0 Å². The van der Waals surface area contributed by atoms with E-state index in [1.807, 2.05) is 18.2 Å². The molecule has 0 spiro atoms. The van der Waals surface area contributed by atoms with E-state index in [9.17, 15) is 14.7 Å². The molecule has 0 radical (unpaired) electrons. The number of rotatable bonds is 2. The molecule has 6 heteroatoms. The molecule has 3 rings (SSSR count). The third-order valence-corrected chi connectivity index (χ3v) is 3.82. The zero-order chi connectivity index (χ0) is 15.0. The molecule has 1 aliphatic carbocycles. The van der Waals surface area contributed by atoms with Gasteiger partial charge in [0.1, 0.15) is 0 Å². The molecular formula is C15H14N2O4. The summed E-state index contributed by atoms with van der Waals surface area (Å²) in [6.45, 7) is 0. The molecule has 0 bridgehead atoms. The van der Waals surface area contributed by atoms with E-state index in [-0.39, 0.29) is 6.04 Å². The summed E-state index contributed by atoms with van der Waals surface area (Å²) in [7, 11) is 0. The lowest BCUT2D eigenvalue weighted by Crippen LogP contribution is -2.26. The van der Waals surface area contributed by atoms with Crippen LogP contribution in [-0.4, -0.2) is 26.0 Å². The van der Waals surface area contributed by atoms with E-state index in [0.29, 0.717) is 6.42 Å². The van der Waals surface area contributed by atoms with Crippen molar-refractivity contribution in [2.75, 3.05) is 0 Å². The number of aromatic carboxylic acids is 1. The second-order valence-corrected chi connectivity index (χ2v) is 5.14. The lowest BCUT2D eigenvalue weighted by Gasteiger charge is -2.26. The van der Waals surface area contributed by atoms with Gasteiger partial charge in [0.2, 0.25) is 5.69 Å². The van der Waals surface area contributed by atoms with Crippen LogP contribution < -0.4 is 5.43 Å². The van der Waals surface area contributed by atoms with Gasteiger partial charge >= 0.3 is 5.97 Å². The zero-order valence-electron chi connectivity index (χ0n) is 11.2. The maximum absolute atomic E-state index is 11.5. The second-order valence-electron chi connectivity index (χ2n) is 5.14. The van der Waals surface area contributed by atoms with Crippen molar-refractivity contribution in [1.29, 1.82) is 0 Å². The third-order valence-electron chi connectivity index (χ3n) is 3.82. The van der Waals surface area contributed by atoms with Gasteiger partial charge in [0.25, 0.3) is 5.43 Å². The smallest absolute Gasteiger partial charge is 0.360 e. The fourth-order valence-corrected chi connectivity index (χ4v) is 2.73. The Bertz CT molecular complexity index is 767. The van der Waals surface area contributed by atoms with Crippen molar-refractivity contribution >= 4 is 5.97 Å². The van der Waals surface area contributed by atoms with Crippen LogP contribution in [0.1, 0.15) is 34.1 Å². The van der Waals surface area contributed by atoms with Gasteiger partial charge in [-0.2, -0.15) is 5.10 Å². The Labute approximate surface area is 120 Å². The summed E-state index contributed by atoms with van der Waals surface area (Å²) >= 11 is 0. The van der Waals surface area contributed by atoms with E-state index in [1.54, 1.807) is 0 Å². The third kappa shape index (κ3) is 2.40. The highest BCUT2D eigenvalue weighted by molar-refractivity contribution is 5.85. The molecule has 2 aromatic rings. The molecule has 1 aliphatic rings. The van der Waals surface area contributed by atoms with E-state index in [2.05, 4.69) is 11.2 Å². The van der Waals surface area contributed by atoms with Crippen LogP contribution in [-0.2, 0) is 12.8 Å². The van der Waals surface area contributed by atoms with Gasteiger partial charge in [-0.3, -0.25) is 9.48 Å². The van der Waals surface area contributed by atoms with E-state index in [4.69, 9.17) is 5.11 Å². The van der Waals surface area contributed by atoms with Crippen molar-refractivity contribution in [3.8, 4) is 5.75 Å². The molecule has 2 N–H and O–H groups in total. The summed E-state index contributed by atoms with van der Waals surface area (Å²) in [5, 5.41) is 22.5. The van der Waals surface area contributed by atoms with Gasteiger partial charge in [-0.15, -0.1) is 0 Å². The van der Waals surface area contributed by atoms with E-state index in [0.717, 1.165) is 12.8 Å². The lowest BCUT2D eigenvalue weighted by atomic mass is 9.88. The van der Waals surface area contributed by atoms with Crippen molar-refractivity contribution in [3.05, 3.63) is 57.5 Å². The van der Waals surface area contributed by atoms with Crippen molar-refractivity contribution in [2.24, 2.45) is 0 Å². The predicted molar refractivity (Wildman–Crippen MR) is 74.6 cm³/mol. The minimum atomic E-state index is -1.43. The molecule has 0 aliphatic heterocycles. The Morgan fingerprint density at radius 3 is 2.71 bits per heavy atom. The molecule has 108 valence electrons. The summed E-state index contributed by atoms with van der Waals surface area (Å²) in [5.41, 5.74) is 0.868. The Kier molecular flexibility index (Phi) is 3.21. The fourth-order valence-electron chi connectivity index (χ4n) is 2.73. The lowest BCUT2D eigenvalue weighted by molar-refractivity contribution is 0.0684. The topological polar surface area (TPSA) is 92.4 Å². The number of carbonyl (C=O) groups is 1. The van der Waals surface area contributed by atoms with Gasteiger partial charge in [-0.05, 0) is 30.4 Å². The van der Waals surface area contributed by atoms with E-state index < -0.39 is 22.8 Å². The number of aryl methyl sites for hydroxylation is 1. The summed E-state index contributed by atoms with van der Waals surface area (Å²) in [4.78, 5) is 22.6. The van der Waals surface area contributed by atoms with Crippen LogP contribution >= 0.6 is 0 Å². The maximum Gasteiger partial charge on any atom is 0.360 e. The van der Waals surface area contributed by atoms with Crippen LogP contribution in [0.2, 0.25) is 0 Å². The molecule has 0 fully saturated rings. The van der Waals surface area contributed by atoms with Crippen LogP contribution in [0.15, 0.2) is 35.3 Å². The Morgan fingerprint density at radius 2 is 2.00 bits per heavy atom. The second kappa shape index (κ2) is 5.05. The number of benzene rings is 1. The Morgan fingerprint density at radius 1 is 1.29 bits per heavy atom. The van der Waals surface area contributed by atoms with Gasteiger partial charge in [0.15, 0.2) is 5.75 Å². The van der Waals surface area contributed by atoms with Crippen molar-refractivity contribution in [1.82, 2.24) is 9.78 Å². The van der Waals surface area contributed by atoms with E-state index in [1.165, 1.54) is 22.0 Å². The van der Waals surface area contributed by atoms with Crippen LogP contribution in [0.5, 0.6) is 5.75 Å². The minimum Gasteiger partial charge on any atom is -0.503 e. The van der Waals surface area contributed by atoms with Crippen LogP contribution in [0.3, 0.4) is 0 Å². The number of aromatic hydroxyl groups is 1. The Hall–Kier alpha value is -2.63. The molecule has 6 nitrogen and oxygen atoms in total. The van der Waals surface area contributed by atoms with Gasteiger partial charge in [-0.25, -0.2) is 4.79 Å². The largest absolute Gasteiger partial charge is 0.503 e. The van der Waals surface area contributed by atoms with Gasteiger partial charge in [0.05, 0.1) is 12.2 Å². The summed E-state index contributed by atoms with van der Waals surface area (Å²) in [6, 6.07) is 7.99. The monoisotopic (exact) mass is 286 g/mol. The molecular weight excluding hydrogens is 272 g/mol. The van der Waals surface area contributed by atoms with Crippen molar-refractivity contribution in [2.45, 2.75) is 25.3 Å². The highest BCUT2D eigenvalue weighted by Gasteiger charge is 2.23. The van der Waals surface area contributed by atoms with Gasteiger partial charge in [-0.1, -0.05) is 24.3 Å². The molecule has 0 saturated heterocycles. The fraction of sp³-hybridized carbons (Fsp3) is 0.267.